The molecule has 1 aromatic carbocycles. The second kappa shape index (κ2) is 9.08. The monoisotopic (exact) mass is 348 g/mol. The molecule has 0 unspecified atom stereocenters. The summed E-state index contributed by atoms with van der Waals surface area (Å²) in [6.45, 7) is 4.16. The summed E-state index contributed by atoms with van der Waals surface area (Å²) in [7, 11) is 1.53. The number of hydrogen-bond donors (Lipinski definition) is 2. The van der Waals surface area contributed by atoms with Crippen LogP contribution in [0.1, 0.15) is 30.1 Å². The molecule has 0 spiro atoms. The Morgan fingerprint density at radius 3 is 2.86 bits per heavy atom. The van der Waals surface area contributed by atoms with Crippen molar-refractivity contribution in [2.75, 3.05) is 26.8 Å². The molecule has 0 saturated carbocycles. The molecule has 2 N–H and O–H groups in total. The van der Waals surface area contributed by atoms with Crippen molar-refractivity contribution in [1.29, 1.82) is 0 Å². The predicted molar refractivity (Wildman–Crippen MR) is 89.8 cm³/mol. The van der Waals surface area contributed by atoms with Gasteiger partial charge in [0.05, 0.1) is 18.7 Å². The van der Waals surface area contributed by atoms with Crippen LogP contribution in [0, 0.1) is 0 Å². The van der Waals surface area contributed by atoms with E-state index in [1.54, 1.807) is 12.1 Å². The first kappa shape index (κ1) is 18.9. The molecule has 1 heterocycles. The summed E-state index contributed by atoms with van der Waals surface area (Å²) in [4.78, 5) is 12.3. The van der Waals surface area contributed by atoms with Gasteiger partial charge in [0, 0.05) is 18.2 Å². The highest BCUT2D eigenvalue weighted by Crippen LogP contribution is 2.36. The summed E-state index contributed by atoms with van der Waals surface area (Å²) >= 11 is 6.18. The molecule has 0 bridgehead atoms. The van der Waals surface area contributed by atoms with Crippen molar-refractivity contribution in [2.45, 2.75) is 25.8 Å². The van der Waals surface area contributed by atoms with Crippen molar-refractivity contribution in [1.82, 2.24) is 10.6 Å². The molecule has 1 aliphatic heterocycles. The number of benzene rings is 1. The molecule has 0 aromatic heterocycles. The van der Waals surface area contributed by atoms with Crippen molar-refractivity contribution in [2.24, 2.45) is 0 Å². The Kier molecular flexibility index (Phi) is 7.79. The summed E-state index contributed by atoms with van der Waals surface area (Å²) in [6.07, 6.45) is 2.05. The number of ether oxygens (including phenoxy) is 2. The van der Waals surface area contributed by atoms with Crippen LogP contribution in [0.3, 0.4) is 0 Å². The van der Waals surface area contributed by atoms with Crippen LogP contribution in [0.15, 0.2) is 12.1 Å². The molecule has 2 rings (SSSR count). The first-order chi connectivity index (χ1) is 10.2. The number of amides is 1. The summed E-state index contributed by atoms with van der Waals surface area (Å²) in [6, 6.07) is 3.42. The van der Waals surface area contributed by atoms with E-state index < -0.39 is 0 Å². The van der Waals surface area contributed by atoms with Crippen LogP contribution >= 0.6 is 24.0 Å². The van der Waals surface area contributed by atoms with E-state index in [9.17, 15) is 4.79 Å². The zero-order valence-corrected chi connectivity index (χ0v) is 14.4. The lowest BCUT2D eigenvalue weighted by atomic mass is 10.1. The summed E-state index contributed by atoms with van der Waals surface area (Å²) < 4.78 is 10.7. The van der Waals surface area contributed by atoms with Gasteiger partial charge in [-0.1, -0.05) is 11.6 Å². The Morgan fingerprint density at radius 1 is 1.50 bits per heavy atom. The molecule has 1 fully saturated rings. The Morgan fingerprint density at radius 2 is 2.27 bits per heavy atom. The average molecular weight is 349 g/mol. The van der Waals surface area contributed by atoms with Crippen LogP contribution in [0.4, 0.5) is 0 Å². The van der Waals surface area contributed by atoms with Crippen LogP contribution in [0.25, 0.3) is 0 Å². The van der Waals surface area contributed by atoms with Gasteiger partial charge in [-0.15, -0.1) is 12.4 Å². The van der Waals surface area contributed by atoms with E-state index in [1.165, 1.54) is 7.11 Å². The van der Waals surface area contributed by atoms with Crippen molar-refractivity contribution in [3.05, 3.63) is 22.7 Å². The number of rotatable bonds is 5. The first-order valence-corrected chi connectivity index (χ1v) is 7.55. The van der Waals surface area contributed by atoms with Gasteiger partial charge < -0.3 is 20.1 Å². The minimum atomic E-state index is -0.146. The molecular formula is C15H22Cl2N2O3. The van der Waals surface area contributed by atoms with E-state index in [2.05, 4.69) is 10.6 Å². The van der Waals surface area contributed by atoms with E-state index in [4.69, 9.17) is 21.1 Å². The molecule has 22 heavy (non-hydrogen) atoms. The minimum absolute atomic E-state index is 0. The number of hydrogen-bond acceptors (Lipinski definition) is 4. The highest BCUT2D eigenvalue weighted by Gasteiger charge is 2.19. The molecule has 7 heteroatoms. The van der Waals surface area contributed by atoms with Gasteiger partial charge in [0.15, 0.2) is 11.5 Å². The summed E-state index contributed by atoms with van der Waals surface area (Å²) in [5.41, 5.74) is 0.478. The van der Waals surface area contributed by atoms with Crippen molar-refractivity contribution < 1.29 is 14.3 Å². The zero-order valence-electron chi connectivity index (χ0n) is 12.8. The van der Waals surface area contributed by atoms with Gasteiger partial charge in [-0.2, -0.15) is 0 Å². The highest BCUT2D eigenvalue weighted by molar-refractivity contribution is 6.32. The lowest BCUT2D eigenvalue weighted by Gasteiger charge is -2.24. The van der Waals surface area contributed by atoms with Crippen LogP contribution in [-0.4, -0.2) is 38.8 Å². The topological polar surface area (TPSA) is 59.6 Å². The van der Waals surface area contributed by atoms with E-state index in [0.29, 0.717) is 28.7 Å². The van der Waals surface area contributed by atoms with Gasteiger partial charge in [-0.05, 0) is 38.4 Å². The fraction of sp³-hybridized carbons (Fsp3) is 0.533. The fourth-order valence-electron chi connectivity index (χ4n) is 2.38. The Balaban J connectivity index is 0.00000242. The summed E-state index contributed by atoms with van der Waals surface area (Å²) in [5, 5.41) is 6.65. The quantitative estimate of drug-likeness (QED) is 0.858. The maximum atomic E-state index is 12.3. The molecule has 0 radical (unpaired) electrons. The van der Waals surface area contributed by atoms with E-state index in [-0.39, 0.29) is 24.4 Å². The van der Waals surface area contributed by atoms with Crippen molar-refractivity contribution in [3.63, 3.8) is 0 Å². The van der Waals surface area contributed by atoms with E-state index in [0.717, 1.165) is 25.9 Å². The number of carbonyl (C=O) groups is 1. The SMILES string of the molecule is CCOc1c(Cl)cc(C(=O)N[C@H]2CCCNC2)cc1OC.Cl. The van der Waals surface area contributed by atoms with Gasteiger partial charge >= 0.3 is 0 Å². The largest absolute Gasteiger partial charge is 0.493 e. The number of nitrogens with one attached hydrogen (secondary N) is 2. The van der Waals surface area contributed by atoms with Gasteiger partial charge in [0.2, 0.25) is 0 Å². The molecule has 1 aromatic rings. The standard InChI is InChI=1S/C15H21ClN2O3.ClH/c1-3-21-14-12(16)7-10(8-13(14)20-2)15(19)18-11-5-4-6-17-9-11;/h7-8,11,17H,3-6,9H2,1-2H3,(H,18,19);1H/t11-;/m0./s1. The lowest BCUT2D eigenvalue weighted by molar-refractivity contribution is 0.0930. The fourth-order valence-corrected chi connectivity index (χ4v) is 2.64. The zero-order chi connectivity index (χ0) is 15.2. The smallest absolute Gasteiger partial charge is 0.251 e. The third-order valence-electron chi connectivity index (χ3n) is 3.41. The molecule has 1 aliphatic rings. The molecular weight excluding hydrogens is 327 g/mol. The third-order valence-corrected chi connectivity index (χ3v) is 3.69. The number of piperidine rings is 1. The second-order valence-electron chi connectivity index (χ2n) is 4.94. The van der Waals surface area contributed by atoms with Gasteiger partial charge in [-0.3, -0.25) is 4.79 Å². The molecule has 1 saturated heterocycles. The molecule has 1 atom stereocenters. The van der Waals surface area contributed by atoms with E-state index >= 15 is 0 Å². The maximum Gasteiger partial charge on any atom is 0.251 e. The number of methoxy groups -OCH3 is 1. The van der Waals surface area contributed by atoms with Crippen LogP contribution < -0.4 is 20.1 Å². The van der Waals surface area contributed by atoms with Gasteiger partial charge in [-0.25, -0.2) is 0 Å². The van der Waals surface area contributed by atoms with Crippen molar-refractivity contribution >= 4 is 29.9 Å². The maximum absolute atomic E-state index is 12.3. The van der Waals surface area contributed by atoms with Crippen molar-refractivity contribution in [3.8, 4) is 11.5 Å². The highest BCUT2D eigenvalue weighted by atomic mass is 35.5. The van der Waals surface area contributed by atoms with Crippen LogP contribution in [-0.2, 0) is 0 Å². The predicted octanol–water partition coefficient (Wildman–Crippen LogP) is 2.65. The number of carbonyl (C=O) groups excluding carboxylic acids is 1. The van der Waals surface area contributed by atoms with Gasteiger partial charge in [0.25, 0.3) is 5.91 Å². The molecule has 124 valence electrons. The Labute approximate surface area is 142 Å². The number of halogens is 2. The summed E-state index contributed by atoms with van der Waals surface area (Å²) in [5.74, 6) is 0.792. The first-order valence-electron chi connectivity index (χ1n) is 7.17. The van der Waals surface area contributed by atoms with E-state index in [1.807, 2.05) is 6.92 Å². The molecule has 0 aliphatic carbocycles. The molecule has 1 amide bonds. The van der Waals surface area contributed by atoms with Crippen LogP contribution in [0.2, 0.25) is 5.02 Å². The minimum Gasteiger partial charge on any atom is -0.493 e. The molecule has 5 nitrogen and oxygen atoms in total. The van der Waals surface area contributed by atoms with Gasteiger partial charge in [0.1, 0.15) is 0 Å². The Hall–Kier alpha value is -1.17. The normalized spacial score (nSPS) is 17.3. The second-order valence-corrected chi connectivity index (χ2v) is 5.35. The van der Waals surface area contributed by atoms with Crippen LogP contribution in [0.5, 0.6) is 11.5 Å². The average Bonchev–Trinajstić information content (AvgIpc) is 2.50. The third kappa shape index (κ3) is 4.66. The lowest BCUT2D eigenvalue weighted by Crippen LogP contribution is -2.45. The Bertz CT molecular complexity index is 506.